The molecule has 0 amide bonds. The molecular weight excluding hydrogens is 228 g/mol. The van der Waals surface area contributed by atoms with Gasteiger partial charge in [-0.2, -0.15) is 5.26 Å². The Morgan fingerprint density at radius 2 is 2.28 bits per heavy atom. The molecule has 0 aromatic heterocycles. The molecule has 4 nitrogen and oxygen atoms in total. The highest BCUT2D eigenvalue weighted by Gasteiger charge is 2.37. The van der Waals surface area contributed by atoms with Gasteiger partial charge in [0.1, 0.15) is 6.04 Å². The van der Waals surface area contributed by atoms with Crippen LogP contribution in [0.2, 0.25) is 0 Å². The van der Waals surface area contributed by atoms with E-state index in [0.717, 1.165) is 24.1 Å². The van der Waals surface area contributed by atoms with E-state index < -0.39 is 0 Å². The third-order valence-electron chi connectivity index (χ3n) is 3.23. The molecule has 0 radical (unpaired) electrons. The predicted octanol–water partition coefficient (Wildman–Crippen LogP) is 2.23. The number of benzene rings is 1. The summed E-state index contributed by atoms with van der Waals surface area (Å²) < 4.78 is 4.82. The van der Waals surface area contributed by atoms with Crippen LogP contribution in [0.3, 0.4) is 0 Å². The zero-order chi connectivity index (χ0) is 13.1. The maximum atomic E-state index is 11.7. The minimum absolute atomic E-state index is 0.237. The molecule has 1 saturated carbocycles. The number of hydrogen-bond donors (Lipinski definition) is 1. The Kier molecular flexibility index (Phi) is 3.52. The maximum absolute atomic E-state index is 11.7. The van der Waals surface area contributed by atoms with E-state index in [1.165, 1.54) is 7.11 Å². The predicted molar refractivity (Wildman–Crippen MR) is 68.0 cm³/mol. The lowest BCUT2D eigenvalue weighted by Gasteiger charge is -2.18. The molecule has 0 aliphatic heterocycles. The Hall–Kier alpha value is -2.02. The standard InChI is InChI=1S/C14H16N2O2/c1-9-3-4-10(8-15)7-12(9)16-13(11-5-6-11)14(17)18-2/h3-4,7,11,13,16H,5-6H2,1-2H3. The Labute approximate surface area is 107 Å². The number of rotatable bonds is 4. The van der Waals surface area contributed by atoms with Crippen LogP contribution in [0.1, 0.15) is 24.0 Å². The van der Waals surface area contributed by atoms with Crippen molar-refractivity contribution >= 4 is 11.7 Å². The smallest absolute Gasteiger partial charge is 0.328 e. The number of hydrogen-bond acceptors (Lipinski definition) is 4. The van der Waals surface area contributed by atoms with E-state index in [1.807, 2.05) is 13.0 Å². The van der Waals surface area contributed by atoms with E-state index >= 15 is 0 Å². The number of esters is 1. The third-order valence-corrected chi connectivity index (χ3v) is 3.23. The van der Waals surface area contributed by atoms with Crippen LogP contribution in [0.15, 0.2) is 18.2 Å². The quantitative estimate of drug-likeness (QED) is 0.825. The van der Waals surface area contributed by atoms with Crippen LogP contribution < -0.4 is 5.32 Å². The second-order valence-corrected chi connectivity index (χ2v) is 4.62. The molecule has 0 bridgehead atoms. The highest BCUT2D eigenvalue weighted by Crippen LogP contribution is 2.35. The molecule has 0 spiro atoms. The summed E-state index contributed by atoms with van der Waals surface area (Å²) in [5, 5.41) is 12.1. The summed E-state index contributed by atoms with van der Waals surface area (Å²) in [5.41, 5.74) is 2.43. The number of anilines is 1. The van der Waals surface area contributed by atoms with Gasteiger partial charge >= 0.3 is 5.97 Å². The molecule has 1 aromatic carbocycles. The average molecular weight is 244 g/mol. The van der Waals surface area contributed by atoms with E-state index in [9.17, 15) is 4.79 Å². The van der Waals surface area contributed by atoms with Crippen LogP contribution in [0.5, 0.6) is 0 Å². The van der Waals surface area contributed by atoms with Gasteiger partial charge in [-0.3, -0.25) is 0 Å². The Bertz CT molecular complexity index is 501. The number of nitrogens with one attached hydrogen (secondary N) is 1. The van der Waals surface area contributed by atoms with Crippen molar-refractivity contribution in [3.05, 3.63) is 29.3 Å². The molecule has 0 heterocycles. The van der Waals surface area contributed by atoms with Crippen LogP contribution in [-0.2, 0) is 9.53 Å². The van der Waals surface area contributed by atoms with Gasteiger partial charge in [-0.15, -0.1) is 0 Å². The number of nitriles is 1. The molecule has 18 heavy (non-hydrogen) atoms. The van der Waals surface area contributed by atoms with Crippen LogP contribution in [-0.4, -0.2) is 19.1 Å². The molecule has 1 N–H and O–H groups in total. The van der Waals surface area contributed by atoms with Crippen molar-refractivity contribution in [3.63, 3.8) is 0 Å². The highest BCUT2D eigenvalue weighted by molar-refractivity contribution is 5.80. The number of ether oxygens (including phenoxy) is 1. The first-order chi connectivity index (χ1) is 8.65. The van der Waals surface area contributed by atoms with E-state index in [1.54, 1.807) is 12.1 Å². The molecule has 94 valence electrons. The fourth-order valence-corrected chi connectivity index (χ4v) is 1.94. The highest BCUT2D eigenvalue weighted by atomic mass is 16.5. The minimum Gasteiger partial charge on any atom is -0.467 e. The summed E-state index contributed by atoms with van der Waals surface area (Å²) in [4.78, 5) is 11.7. The fourth-order valence-electron chi connectivity index (χ4n) is 1.94. The Balaban J connectivity index is 2.21. The zero-order valence-electron chi connectivity index (χ0n) is 10.6. The third kappa shape index (κ3) is 2.62. The van der Waals surface area contributed by atoms with Gasteiger partial charge in [0.15, 0.2) is 0 Å². The van der Waals surface area contributed by atoms with Gasteiger partial charge in [0.05, 0.1) is 18.7 Å². The summed E-state index contributed by atoms with van der Waals surface area (Å²) in [6.07, 6.45) is 2.09. The number of aryl methyl sites for hydroxylation is 1. The molecule has 4 heteroatoms. The van der Waals surface area contributed by atoms with E-state index in [4.69, 9.17) is 10.00 Å². The fraction of sp³-hybridized carbons (Fsp3) is 0.429. The van der Waals surface area contributed by atoms with Crippen molar-refractivity contribution < 1.29 is 9.53 Å². The topological polar surface area (TPSA) is 62.1 Å². The largest absolute Gasteiger partial charge is 0.467 e. The van der Waals surface area contributed by atoms with Crippen LogP contribution >= 0.6 is 0 Å². The summed E-state index contributed by atoms with van der Waals surface area (Å²) in [6.45, 7) is 1.95. The lowest BCUT2D eigenvalue weighted by atomic mass is 10.1. The summed E-state index contributed by atoms with van der Waals surface area (Å²) >= 11 is 0. The first kappa shape index (κ1) is 12.4. The van der Waals surface area contributed by atoms with E-state index in [-0.39, 0.29) is 12.0 Å². The number of nitrogens with zero attached hydrogens (tertiary/aromatic N) is 1. The minimum atomic E-state index is -0.303. The maximum Gasteiger partial charge on any atom is 0.328 e. The van der Waals surface area contributed by atoms with Gasteiger partial charge in [0, 0.05) is 5.69 Å². The lowest BCUT2D eigenvalue weighted by Crippen LogP contribution is -2.33. The summed E-state index contributed by atoms with van der Waals surface area (Å²) in [6, 6.07) is 7.21. The summed E-state index contributed by atoms with van der Waals surface area (Å²) in [5.74, 6) is 0.113. The van der Waals surface area contributed by atoms with Crippen molar-refractivity contribution in [1.82, 2.24) is 0 Å². The first-order valence-electron chi connectivity index (χ1n) is 6.01. The molecular formula is C14H16N2O2. The SMILES string of the molecule is COC(=O)C(Nc1cc(C#N)ccc1C)C1CC1. The number of carbonyl (C=O) groups is 1. The van der Waals surface area contributed by atoms with Gasteiger partial charge in [0.2, 0.25) is 0 Å². The van der Waals surface area contributed by atoms with E-state index in [0.29, 0.717) is 11.5 Å². The zero-order valence-corrected chi connectivity index (χ0v) is 10.6. The molecule has 1 aliphatic carbocycles. The summed E-state index contributed by atoms with van der Waals surface area (Å²) in [7, 11) is 1.40. The van der Waals surface area contributed by atoms with Crippen molar-refractivity contribution in [1.29, 1.82) is 5.26 Å². The molecule has 1 aromatic rings. The first-order valence-corrected chi connectivity index (χ1v) is 6.01. The van der Waals surface area contributed by atoms with Crippen molar-refractivity contribution in [2.45, 2.75) is 25.8 Å². The molecule has 1 aliphatic rings. The molecule has 1 fully saturated rings. The van der Waals surface area contributed by atoms with Crippen LogP contribution in [0, 0.1) is 24.2 Å². The van der Waals surface area contributed by atoms with Crippen LogP contribution in [0.4, 0.5) is 5.69 Å². The normalized spacial score (nSPS) is 15.6. The Morgan fingerprint density at radius 3 is 2.83 bits per heavy atom. The van der Waals surface area contributed by atoms with Crippen LogP contribution in [0.25, 0.3) is 0 Å². The second kappa shape index (κ2) is 5.09. The van der Waals surface area contributed by atoms with Gasteiger partial charge in [0.25, 0.3) is 0 Å². The molecule has 1 unspecified atom stereocenters. The lowest BCUT2D eigenvalue weighted by molar-refractivity contribution is -0.142. The van der Waals surface area contributed by atoms with Crippen molar-refractivity contribution in [3.8, 4) is 6.07 Å². The Morgan fingerprint density at radius 1 is 1.56 bits per heavy atom. The van der Waals surface area contributed by atoms with Gasteiger partial charge in [-0.1, -0.05) is 6.07 Å². The monoisotopic (exact) mass is 244 g/mol. The molecule has 2 rings (SSSR count). The molecule has 0 saturated heterocycles. The van der Waals surface area contributed by atoms with Crippen molar-refractivity contribution in [2.24, 2.45) is 5.92 Å². The molecule has 1 atom stereocenters. The van der Waals surface area contributed by atoms with Gasteiger partial charge in [-0.05, 0) is 43.4 Å². The van der Waals surface area contributed by atoms with Gasteiger partial charge in [-0.25, -0.2) is 4.79 Å². The van der Waals surface area contributed by atoms with E-state index in [2.05, 4.69) is 11.4 Å². The number of carbonyl (C=O) groups excluding carboxylic acids is 1. The van der Waals surface area contributed by atoms with Crippen molar-refractivity contribution in [2.75, 3.05) is 12.4 Å². The van der Waals surface area contributed by atoms with Gasteiger partial charge < -0.3 is 10.1 Å². The average Bonchev–Trinajstić information content (AvgIpc) is 3.21. The number of methoxy groups -OCH3 is 1. The second-order valence-electron chi connectivity index (χ2n) is 4.62.